The van der Waals surface area contributed by atoms with Gasteiger partial charge in [-0.15, -0.1) is 0 Å². The van der Waals surface area contributed by atoms with Crippen molar-refractivity contribution in [3.8, 4) is 11.5 Å². The minimum atomic E-state index is -0.433. The maximum Gasteiger partial charge on any atom is 0.251 e. The van der Waals surface area contributed by atoms with E-state index in [-0.39, 0.29) is 18.6 Å². The summed E-state index contributed by atoms with van der Waals surface area (Å²) >= 11 is 0. The SMILES string of the molecule is CCOc1cc2c(cc1CNC(=O)c1cccc(F)c1)O[C@@H](C)C2. The lowest BCUT2D eigenvalue weighted by Gasteiger charge is -2.13. The Morgan fingerprint density at radius 3 is 2.96 bits per heavy atom. The average Bonchev–Trinajstić information content (AvgIpc) is 2.91. The summed E-state index contributed by atoms with van der Waals surface area (Å²) < 4.78 is 24.7. The molecule has 1 N–H and O–H groups in total. The predicted octanol–water partition coefficient (Wildman–Crippen LogP) is 3.48. The Morgan fingerprint density at radius 2 is 2.21 bits per heavy atom. The number of benzene rings is 2. The van der Waals surface area contributed by atoms with Gasteiger partial charge in [0.05, 0.1) is 6.61 Å². The number of hydrogen-bond donors (Lipinski definition) is 1. The first-order valence-electron chi connectivity index (χ1n) is 8.06. The van der Waals surface area contributed by atoms with Gasteiger partial charge in [-0.05, 0) is 44.2 Å². The van der Waals surface area contributed by atoms with Gasteiger partial charge < -0.3 is 14.8 Å². The number of halogens is 1. The zero-order valence-corrected chi connectivity index (χ0v) is 13.8. The normalized spacial score (nSPS) is 15.5. The summed E-state index contributed by atoms with van der Waals surface area (Å²) in [7, 11) is 0. The first-order chi connectivity index (χ1) is 11.6. The van der Waals surface area contributed by atoms with Gasteiger partial charge in [-0.3, -0.25) is 4.79 Å². The molecule has 2 aromatic rings. The van der Waals surface area contributed by atoms with E-state index in [0.29, 0.717) is 12.2 Å². The second-order valence-corrected chi connectivity index (χ2v) is 5.83. The maximum absolute atomic E-state index is 13.2. The van der Waals surface area contributed by atoms with E-state index in [1.807, 2.05) is 26.0 Å². The number of hydrogen-bond acceptors (Lipinski definition) is 3. The summed E-state index contributed by atoms with van der Waals surface area (Å²) in [5, 5.41) is 2.80. The molecule has 4 nitrogen and oxygen atoms in total. The van der Waals surface area contributed by atoms with Gasteiger partial charge in [-0.25, -0.2) is 4.39 Å². The molecular formula is C19H20FNO3. The molecule has 126 valence electrons. The van der Waals surface area contributed by atoms with E-state index in [1.165, 1.54) is 18.2 Å². The highest BCUT2D eigenvalue weighted by atomic mass is 19.1. The third-order valence-electron chi connectivity index (χ3n) is 3.91. The van der Waals surface area contributed by atoms with Crippen LogP contribution in [0.5, 0.6) is 11.5 Å². The molecule has 1 aliphatic heterocycles. The van der Waals surface area contributed by atoms with Crippen molar-refractivity contribution in [1.29, 1.82) is 0 Å². The lowest BCUT2D eigenvalue weighted by Crippen LogP contribution is -2.23. The average molecular weight is 329 g/mol. The van der Waals surface area contributed by atoms with Crippen LogP contribution in [-0.2, 0) is 13.0 Å². The van der Waals surface area contributed by atoms with E-state index in [9.17, 15) is 9.18 Å². The summed E-state index contributed by atoms with van der Waals surface area (Å²) in [4.78, 5) is 12.2. The van der Waals surface area contributed by atoms with Crippen molar-refractivity contribution in [3.05, 3.63) is 58.9 Å². The molecule has 2 aromatic carbocycles. The lowest BCUT2D eigenvalue weighted by molar-refractivity contribution is 0.0950. The van der Waals surface area contributed by atoms with E-state index < -0.39 is 5.82 Å². The number of carbonyl (C=O) groups excluding carboxylic acids is 1. The van der Waals surface area contributed by atoms with Crippen molar-refractivity contribution in [2.45, 2.75) is 32.9 Å². The number of rotatable bonds is 5. The van der Waals surface area contributed by atoms with Gasteiger partial charge in [0.15, 0.2) is 0 Å². The molecule has 0 saturated carbocycles. The van der Waals surface area contributed by atoms with Crippen molar-refractivity contribution in [3.63, 3.8) is 0 Å². The molecule has 0 saturated heterocycles. The molecule has 0 aliphatic carbocycles. The molecule has 0 radical (unpaired) electrons. The molecule has 24 heavy (non-hydrogen) atoms. The van der Waals surface area contributed by atoms with Gasteiger partial charge >= 0.3 is 0 Å². The first-order valence-corrected chi connectivity index (χ1v) is 8.06. The van der Waals surface area contributed by atoms with Gasteiger partial charge in [-0.2, -0.15) is 0 Å². The van der Waals surface area contributed by atoms with Crippen LogP contribution < -0.4 is 14.8 Å². The fourth-order valence-corrected chi connectivity index (χ4v) is 2.82. The van der Waals surface area contributed by atoms with Crippen LogP contribution in [0, 0.1) is 5.82 Å². The van der Waals surface area contributed by atoms with Gasteiger partial charge in [-0.1, -0.05) is 6.07 Å². The number of fused-ring (bicyclic) bond motifs is 1. The first kappa shape index (κ1) is 16.3. The van der Waals surface area contributed by atoms with Crippen molar-refractivity contribution in [2.24, 2.45) is 0 Å². The Labute approximate surface area is 140 Å². The molecule has 0 bridgehead atoms. The number of nitrogens with one attached hydrogen (secondary N) is 1. The molecule has 3 rings (SSSR count). The topological polar surface area (TPSA) is 47.6 Å². The third-order valence-corrected chi connectivity index (χ3v) is 3.91. The van der Waals surface area contributed by atoms with E-state index in [4.69, 9.17) is 9.47 Å². The van der Waals surface area contributed by atoms with Crippen LogP contribution in [0.1, 0.15) is 35.3 Å². The van der Waals surface area contributed by atoms with Crippen LogP contribution in [0.4, 0.5) is 4.39 Å². The molecule has 1 amide bonds. The van der Waals surface area contributed by atoms with E-state index in [2.05, 4.69) is 5.32 Å². The molecule has 0 spiro atoms. The van der Waals surface area contributed by atoms with Crippen LogP contribution in [0.15, 0.2) is 36.4 Å². The second kappa shape index (κ2) is 6.91. The summed E-state index contributed by atoms with van der Waals surface area (Å²) in [6, 6.07) is 9.51. The summed E-state index contributed by atoms with van der Waals surface area (Å²) in [6.07, 6.45) is 0.998. The molecule has 0 unspecified atom stereocenters. The van der Waals surface area contributed by atoms with Gasteiger partial charge in [0.25, 0.3) is 5.91 Å². The van der Waals surface area contributed by atoms with E-state index in [1.54, 1.807) is 6.07 Å². The number of amides is 1. The second-order valence-electron chi connectivity index (χ2n) is 5.83. The monoisotopic (exact) mass is 329 g/mol. The van der Waals surface area contributed by atoms with Crippen molar-refractivity contribution >= 4 is 5.91 Å². The quantitative estimate of drug-likeness (QED) is 0.913. The Hall–Kier alpha value is -2.56. The standard InChI is InChI=1S/C19H20FNO3/c1-3-23-17-9-14-7-12(2)24-18(14)10-15(17)11-21-19(22)13-5-4-6-16(20)8-13/h4-6,8-10,12H,3,7,11H2,1-2H3,(H,21,22)/t12-/m0/s1. The summed E-state index contributed by atoms with van der Waals surface area (Å²) in [5.74, 6) is 0.818. The molecule has 1 aliphatic rings. The minimum Gasteiger partial charge on any atom is -0.494 e. The van der Waals surface area contributed by atoms with E-state index >= 15 is 0 Å². The van der Waals surface area contributed by atoms with Crippen LogP contribution in [-0.4, -0.2) is 18.6 Å². The van der Waals surface area contributed by atoms with Crippen LogP contribution >= 0.6 is 0 Å². The smallest absolute Gasteiger partial charge is 0.251 e. The van der Waals surface area contributed by atoms with Gasteiger partial charge in [0, 0.05) is 29.7 Å². The molecule has 1 atom stereocenters. The van der Waals surface area contributed by atoms with Crippen molar-refractivity contribution < 1.29 is 18.7 Å². The van der Waals surface area contributed by atoms with E-state index in [0.717, 1.165) is 29.0 Å². The van der Waals surface area contributed by atoms with Crippen LogP contribution in [0.3, 0.4) is 0 Å². The fourth-order valence-electron chi connectivity index (χ4n) is 2.82. The molecule has 1 heterocycles. The summed E-state index contributed by atoms with van der Waals surface area (Å²) in [5.41, 5.74) is 2.25. The highest BCUT2D eigenvalue weighted by molar-refractivity contribution is 5.94. The van der Waals surface area contributed by atoms with Crippen LogP contribution in [0.2, 0.25) is 0 Å². The molecular weight excluding hydrogens is 309 g/mol. The Bertz CT molecular complexity index is 760. The molecule has 5 heteroatoms. The Morgan fingerprint density at radius 1 is 1.38 bits per heavy atom. The summed E-state index contributed by atoms with van der Waals surface area (Å²) in [6.45, 7) is 4.77. The lowest BCUT2D eigenvalue weighted by atomic mass is 10.1. The number of ether oxygens (including phenoxy) is 2. The van der Waals surface area contributed by atoms with Crippen molar-refractivity contribution in [2.75, 3.05) is 6.61 Å². The third kappa shape index (κ3) is 3.50. The maximum atomic E-state index is 13.2. The molecule has 0 aromatic heterocycles. The zero-order valence-electron chi connectivity index (χ0n) is 13.8. The molecule has 0 fully saturated rings. The highest BCUT2D eigenvalue weighted by Gasteiger charge is 2.22. The minimum absolute atomic E-state index is 0.145. The van der Waals surface area contributed by atoms with Crippen molar-refractivity contribution in [1.82, 2.24) is 5.32 Å². The zero-order chi connectivity index (χ0) is 17.1. The fraction of sp³-hybridized carbons (Fsp3) is 0.316. The van der Waals surface area contributed by atoms with Crippen LogP contribution in [0.25, 0.3) is 0 Å². The Balaban J connectivity index is 1.77. The number of carbonyl (C=O) groups is 1. The van der Waals surface area contributed by atoms with Gasteiger partial charge in [0.2, 0.25) is 0 Å². The predicted molar refractivity (Wildman–Crippen MR) is 89.0 cm³/mol. The Kier molecular flexibility index (Phi) is 4.69. The highest BCUT2D eigenvalue weighted by Crippen LogP contribution is 2.35. The largest absolute Gasteiger partial charge is 0.494 e. The van der Waals surface area contributed by atoms with Gasteiger partial charge in [0.1, 0.15) is 23.4 Å².